The molecule has 0 radical (unpaired) electrons. The molecule has 0 bridgehead atoms. The average Bonchev–Trinajstić information content (AvgIpc) is 3.44. The summed E-state index contributed by atoms with van der Waals surface area (Å²) in [6, 6.07) is 17.6. The van der Waals surface area contributed by atoms with Crippen LogP contribution in [0.5, 0.6) is 5.75 Å². The second kappa shape index (κ2) is 9.09. The van der Waals surface area contributed by atoms with Gasteiger partial charge in [0.25, 0.3) is 5.91 Å². The van der Waals surface area contributed by atoms with E-state index in [0.29, 0.717) is 24.7 Å². The van der Waals surface area contributed by atoms with Gasteiger partial charge in [0.2, 0.25) is 5.82 Å². The van der Waals surface area contributed by atoms with E-state index in [9.17, 15) is 9.18 Å². The number of aromatic nitrogens is 3. The summed E-state index contributed by atoms with van der Waals surface area (Å²) in [5.74, 6) is 0.572. The van der Waals surface area contributed by atoms with Crippen molar-refractivity contribution in [2.75, 3.05) is 20.2 Å². The van der Waals surface area contributed by atoms with Gasteiger partial charge < -0.3 is 9.64 Å². The summed E-state index contributed by atoms with van der Waals surface area (Å²) in [5.41, 5.74) is 1.65. The van der Waals surface area contributed by atoms with Crippen molar-refractivity contribution in [1.82, 2.24) is 19.7 Å². The van der Waals surface area contributed by atoms with E-state index in [1.54, 1.807) is 19.2 Å². The van der Waals surface area contributed by atoms with Crippen molar-refractivity contribution >= 4 is 17.2 Å². The molecule has 158 valence electrons. The number of thiophene rings is 1. The predicted octanol–water partition coefficient (Wildman–Crippen LogP) is 4.59. The summed E-state index contributed by atoms with van der Waals surface area (Å²) in [6.07, 6.45) is 0. The first-order valence-corrected chi connectivity index (χ1v) is 10.6. The predicted molar refractivity (Wildman–Crippen MR) is 118 cm³/mol. The van der Waals surface area contributed by atoms with E-state index in [0.717, 1.165) is 16.2 Å². The van der Waals surface area contributed by atoms with Crippen molar-refractivity contribution in [1.29, 1.82) is 0 Å². The fourth-order valence-corrected chi connectivity index (χ4v) is 3.66. The second-order valence-electron chi connectivity index (χ2n) is 7.02. The van der Waals surface area contributed by atoms with E-state index in [1.807, 2.05) is 48.7 Å². The van der Waals surface area contributed by atoms with Gasteiger partial charge in [0.1, 0.15) is 18.2 Å². The van der Waals surface area contributed by atoms with Crippen molar-refractivity contribution in [2.45, 2.75) is 6.92 Å². The number of carbonyl (C=O) groups excluding carboxylic acids is 1. The van der Waals surface area contributed by atoms with Gasteiger partial charge in [-0.1, -0.05) is 29.8 Å². The highest BCUT2D eigenvalue weighted by Crippen LogP contribution is 2.26. The molecule has 0 aliphatic heterocycles. The van der Waals surface area contributed by atoms with Gasteiger partial charge in [0.15, 0.2) is 5.82 Å². The Bertz CT molecular complexity index is 1170. The van der Waals surface area contributed by atoms with Crippen LogP contribution < -0.4 is 4.74 Å². The molecule has 8 heteroatoms. The number of carbonyl (C=O) groups is 1. The molecule has 0 N–H and O–H groups in total. The van der Waals surface area contributed by atoms with E-state index >= 15 is 0 Å². The van der Waals surface area contributed by atoms with Crippen LogP contribution in [0.3, 0.4) is 0 Å². The summed E-state index contributed by atoms with van der Waals surface area (Å²) in [6.45, 7) is 2.72. The van der Waals surface area contributed by atoms with E-state index in [-0.39, 0.29) is 17.5 Å². The highest BCUT2D eigenvalue weighted by atomic mass is 32.1. The highest BCUT2D eigenvalue weighted by Gasteiger charge is 2.22. The summed E-state index contributed by atoms with van der Waals surface area (Å²) in [4.78, 5) is 19.7. The molecule has 0 aliphatic rings. The molecule has 0 atom stereocenters. The van der Waals surface area contributed by atoms with Crippen molar-refractivity contribution in [3.05, 3.63) is 83.2 Å². The Labute approximate surface area is 183 Å². The minimum atomic E-state index is -0.386. The first kappa shape index (κ1) is 20.7. The molecule has 6 nitrogen and oxygen atoms in total. The fourth-order valence-electron chi connectivity index (χ4n) is 2.96. The molecule has 0 aliphatic carbocycles. The molecule has 0 spiro atoms. The zero-order valence-corrected chi connectivity index (χ0v) is 18.0. The Kier molecular flexibility index (Phi) is 6.08. The maximum absolute atomic E-state index is 13.8. The van der Waals surface area contributed by atoms with Crippen LogP contribution in [0, 0.1) is 12.7 Å². The molecule has 31 heavy (non-hydrogen) atoms. The first-order chi connectivity index (χ1) is 15.0. The molecular formula is C23H21FN4O2S. The molecule has 0 fully saturated rings. The molecule has 4 aromatic rings. The lowest BCUT2D eigenvalue weighted by molar-refractivity contribution is 0.0762. The zero-order valence-electron chi connectivity index (χ0n) is 17.2. The Morgan fingerprint density at radius 2 is 1.97 bits per heavy atom. The Morgan fingerprint density at radius 1 is 1.16 bits per heavy atom. The van der Waals surface area contributed by atoms with Crippen LogP contribution in [0.15, 0.2) is 66.0 Å². The van der Waals surface area contributed by atoms with Crippen LogP contribution in [0.1, 0.15) is 16.2 Å². The number of aryl methyl sites for hydroxylation is 1. The number of hydrogen-bond acceptors (Lipinski definition) is 5. The van der Waals surface area contributed by atoms with Crippen LogP contribution in [-0.2, 0) is 0 Å². The number of amides is 1. The van der Waals surface area contributed by atoms with E-state index in [2.05, 4.69) is 10.1 Å². The lowest BCUT2D eigenvalue weighted by Crippen LogP contribution is -2.31. The third-order valence-electron chi connectivity index (χ3n) is 4.66. The summed E-state index contributed by atoms with van der Waals surface area (Å²) in [7, 11) is 1.68. The Hall–Kier alpha value is -3.52. The van der Waals surface area contributed by atoms with Crippen LogP contribution >= 0.6 is 11.3 Å². The molecule has 2 heterocycles. The van der Waals surface area contributed by atoms with E-state index < -0.39 is 0 Å². The number of nitrogens with zero attached hydrogens (tertiary/aromatic N) is 4. The van der Waals surface area contributed by atoms with Gasteiger partial charge in [-0.05, 0) is 48.7 Å². The number of benzene rings is 2. The number of likely N-dealkylation sites (N-methyl/N-ethyl adjacent to an activating group) is 1. The third kappa shape index (κ3) is 4.80. The van der Waals surface area contributed by atoms with Crippen LogP contribution in [0.2, 0.25) is 0 Å². The van der Waals surface area contributed by atoms with Crippen molar-refractivity contribution in [3.8, 4) is 22.1 Å². The second-order valence-corrected chi connectivity index (χ2v) is 7.96. The van der Waals surface area contributed by atoms with Crippen LogP contribution in [-0.4, -0.2) is 45.8 Å². The zero-order chi connectivity index (χ0) is 21.8. The largest absolute Gasteiger partial charge is 0.492 e. The monoisotopic (exact) mass is 436 g/mol. The topological polar surface area (TPSA) is 60.2 Å². The van der Waals surface area contributed by atoms with Crippen LogP contribution in [0.25, 0.3) is 16.4 Å². The SMILES string of the molecule is Cc1ccc(OCCN(C)C(=O)c2nc(-c3cccs3)n(-c3cccc(F)c3)n2)cc1. The first-order valence-electron chi connectivity index (χ1n) is 9.73. The quantitative estimate of drug-likeness (QED) is 0.425. The van der Waals surface area contributed by atoms with Gasteiger partial charge in [-0.3, -0.25) is 4.79 Å². The molecule has 0 saturated heterocycles. The number of rotatable bonds is 7. The summed E-state index contributed by atoms with van der Waals surface area (Å²) >= 11 is 1.47. The van der Waals surface area contributed by atoms with E-state index in [4.69, 9.17) is 4.74 Å². The molecule has 4 rings (SSSR count). The van der Waals surface area contributed by atoms with Crippen LogP contribution in [0.4, 0.5) is 4.39 Å². The summed E-state index contributed by atoms with van der Waals surface area (Å²) < 4.78 is 21.0. The Balaban J connectivity index is 1.52. The lowest BCUT2D eigenvalue weighted by Gasteiger charge is -2.15. The maximum atomic E-state index is 13.8. The molecule has 0 saturated carbocycles. The molecular weight excluding hydrogens is 415 g/mol. The van der Waals surface area contributed by atoms with Gasteiger partial charge in [0.05, 0.1) is 17.1 Å². The molecule has 1 amide bonds. The maximum Gasteiger partial charge on any atom is 0.293 e. The normalized spacial score (nSPS) is 10.8. The van der Waals surface area contributed by atoms with Gasteiger partial charge in [-0.25, -0.2) is 14.1 Å². The van der Waals surface area contributed by atoms with Gasteiger partial charge in [-0.15, -0.1) is 16.4 Å². The van der Waals surface area contributed by atoms with Gasteiger partial charge in [0, 0.05) is 7.05 Å². The number of halogens is 1. The highest BCUT2D eigenvalue weighted by molar-refractivity contribution is 7.13. The Morgan fingerprint density at radius 3 is 2.68 bits per heavy atom. The lowest BCUT2D eigenvalue weighted by atomic mass is 10.2. The third-order valence-corrected chi connectivity index (χ3v) is 5.52. The molecule has 2 aromatic heterocycles. The number of ether oxygens (including phenoxy) is 1. The van der Waals surface area contributed by atoms with E-state index in [1.165, 1.54) is 33.1 Å². The summed E-state index contributed by atoms with van der Waals surface area (Å²) in [5, 5.41) is 6.30. The minimum Gasteiger partial charge on any atom is -0.492 e. The van der Waals surface area contributed by atoms with Crippen molar-refractivity contribution in [3.63, 3.8) is 0 Å². The number of hydrogen-bond donors (Lipinski definition) is 0. The minimum absolute atomic E-state index is 0.0468. The van der Waals surface area contributed by atoms with Crippen molar-refractivity contribution < 1.29 is 13.9 Å². The molecule has 0 unspecified atom stereocenters. The average molecular weight is 437 g/mol. The molecule has 2 aromatic carbocycles. The smallest absolute Gasteiger partial charge is 0.293 e. The fraction of sp³-hybridized carbons (Fsp3) is 0.174. The van der Waals surface area contributed by atoms with Gasteiger partial charge in [-0.2, -0.15) is 0 Å². The van der Waals surface area contributed by atoms with Crippen molar-refractivity contribution in [2.24, 2.45) is 0 Å². The van der Waals surface area contributed by atoms with Gasteiger partial charge >= 0.3 is 0 Å². The standard InChI is InChI=1S/C23H21FN4O2S/c1-16-8-10-19(11-9-16)30-13-12-27(2)23(29)21-25-22(20-7-4-14-31-20)28(26-21)18-6-3-5-17(24)15-18/h3-11,14-15H,12-13H2,1-2H3.